The largest absolute Gasteiger partial charge is 0.493 e. The van der Waals surface area contributed by atoms with E-state index in [9.17, 15) is 0 Å². The number of nitriles is 1. The topological polar surface area (TPSA) is 51.5 Å². The van der Waals surface area contributed by atoms with Gasteiger partial charge >= 0.3 is 0 Å². The molecule has 0 heterocycles. The van der Waals surface area contributed by atoms with Gasteiger partial charge in [-0.1, -0.05) is 0 Å². The summed E-state index contributed by atoms with van der Waals surface area (Å²) >= 11 is 0. The van der Waals surface area contributed by atoms with E-state index in [4.69, 9.17) is 19.5 Å². The summed E-state index contributed by atoms with van der Waals surface area (Å²) in [7, 11) is 4.66. The minimum atomic E-state index is -0.604. The Hall–Kier alpha value is -1.89. The van der Waals surface area contributed by atoms with Crippen LogP contribution in [-0.4, -0.2) is 21.3 Å². The molecule has 0 saturated carbocycles. The maximum atomic E-state index is 9.14. The highest BCUT2D eigenvalue weighted by molar-refractivity contribution is 5.55. The SMILES string of the molecule is COc1cc(C(C)(C)C#N)cc(OC)c1OC. The average molecular weight is 235 g/mol. The van der Waals surface area contributed by atoms with Crippen molar-refractivity contribution >= 4 is 0 Å². The van der Waals surface area contributed by atoms with Gasteiger partial charge < -0.3 is 14.2 Å². The predicted molar refractivity (Wildman–Crippen MR) is 64.7 cm³/mol. The van der Waals surface area contributed by atoms with Gasteiger partial charge in [0, 0.05) is 0 Å². The van der Waals surface area contributed by atoms with Crippen LogP contribution in [0.4, 0.5) is 0 Å². The summed E-state index contributed by atoms with van der Waals surface area (Å²) in [5, 5.41) is 9.14. The van der Waals surface area contributed by atoms with Crippen molar-refractivity contribution in [3.63, 3.8) is 0 Å². The average Bonchev–Trinajstić information content (AvgIpc) is 2.36. The van der Waals surface area contributed by atoms with Crippen molar-refractivity contribution in [2.24, 2.45) is 0 Å². The van der Waals surface area contributed by atoms with Crippen molar-refractivity contribution in [2.45, 2.75) is 19.3 Å². The fourth-order valence-corrected chi connectivity index (χ4v) is 1.51. The van der Waals surface area contributed by atoms with E-state index in [1.807, 2.05) is 13.8 Å². The molecule has 1 aromatic carbocycles. The monoisotopic (exact) mass is 235 g/mol. The molecular weight excluding hydrogens is 218 g/mol. The lowest BCUT2D eigenvalue weighted by atomic mass is 9.86. The molecule has 0 radical (unpaired) electrons. The van der Waals surface area contributed by atoms with Crippen LogP contribution in [0.5, 0.6) is 17.2 Å². The summed E-state index contributed by atoms with van der Waals surface area (Å²) in [6.45, 7) is 3.68. The van der Waals surface area contributed by atoms with Crippen LogP contribution in [0.2, 0.25) is 0 Å². The Kier molecular flexibility index (Phi) is 3.84. The molecule has 0 amide bonds. The van der Waals surface area contributed by atoms with Gasteiger partial charge in [0.15, 0.2) is 11.5 Å². The first kappa shape index (κ1) is 13.2. The summed E-state index contributed by atoms with van der Waals surface area (Å²) in [6, 6.07) is 5.84. The van der Waals surface area contributed by atoms with Gasteiger partial charge in [-0.05, 0) is 31.5 Å². The van der Waals surface area contributed by atoms with Crippen LogP contribution in [0.25, 0.3) is 0 Å². The number of nitrogens with zero attached hydrogens (tertiary/aromatic N) is 1. The van der Waals surface area contributed by atoms with Gasteiger partial charge in [0.2, 0.25) is 5.75 Å². The van der Waals surface area contributed by atoms with E-state index in [2.05, 4.69) is 6.07 Å². The Morgan fingerprint density at radius 1 is 1.00 bits per heavy atom. The minimum absolute atomic E-state index is 0.535. The van der Waals surface area contributed by atoms with E-state index < -0.39 is 5.41 Å². The van der Waals surface area contributed by atoms with Crippen LogP contribution < -0.4 is 14.2 Å². The van der Waals surface area contributed by atoms with Crippen LogP contribution in [0.1, 0.15) is 19.4 Å². The Labute approximate surface area is 102 Å². The van der Waals surface area contributed by atoms with Gasteiger partial charge in [-0.15, -0.1) is 0 Å². The summed E-state index contributed by atoms with van der Waals surface area (Å²) in [5.74, 6) is 1.66. The van der Waals surface area contributed by atoms with E-state index in [1.165, 1.54) is 0 Å². The molecule has 17 heavy (non-hydrogen) atoms. The van der Waals surface area contributed by atoms with Crippen molar-refractivity contribution < 1.29 is 14.2 Å². The van der Waals surface area contributed by atoms with E-state index in [1.54, 1.807) is 33.5 Å². The number of rotatable bonds is 4. The van der Waals surface area contributed by atoms with Gasteiger partial charge in [-0.3, -0.25) is 0 Å². The van der Waals surface area contributed by atoms with Crippen molar-refractivity contribution in [2.75, 3.05) is 21.3 Å². The number of ether oxygens (including phenoxy) is 3. The Balaban J connectivity index is 3.44. The molecule has 0 atom stereocenters. The highest BCUT2D eigenvalue weighted by Crippen LogP contribution is 2.41. The second kappa shape index (κ2) is 4.96. The third kappa shape index (κ3) is 2.44. The zero-order valence-electron chi connectivity index (χ0n) is 10.8. The first-order chi connectivity index (χ1) is 8.00. The third-order valence-corrected chi connectivity index (χ3v) is 2.67. The van der Waals surface area contributed by atoms with Crippen LogP contribution in [0, 0.1) is 11.3 Å². The molecule has 0 aromatic heterocycles. The fraction of sp³-hybridized carbons (Fsp3) is 0.462. The highest BCUT2D eigenvalue weighted by Gasteiger charge is 2.24. The molecule has 0 fully saturated rings. The Morgan fingerprint density at radius 3 is 1.76 bits per heavy atom. The molecule has 0 spiro atoms. The molecule has 92 valence electrons. The summed E-state index contributed by atoms with van der Waals surface area (Å²) in [4.78, 5) is 0. The molecular formula is C13H17NO3. The quantitative estimate of drug-likeness (QED) is 0.804. The van der Waals surface area contributed by atoms with Crippen molar-refractivity contribution in [1.82, 2.24) is 0 Å². The minimum Gasteiger partial charge on any atom is -0.493 e. The second-order valence-corrected chi connectivity index (χ2v) is 4.15. The molecule has 1 aromatic rings. The lowest BCUT2D eigenvalue weighted by Crippen LogP contribution is -2.14. The van der Waals surface area contributed by atoms with Crippen LogP contribution in [-0.2, 0) is 5.41 Å². The van der Waals surface area contributed by atoms with Crippen LogP contribution in [0.3, 0.4) is 0 Å². The van der Waals surface area contributed by atoms with E-state index in [0.717, 1.165) is 5.56 Å². The number of hydrogen-bond acceptors (Lipinski definition) is 4. The van der Waals surface area contributed by atoms with Crippen molar-refractivity contribution in [3.8, 4) is 23.3 Å². The van der Waals surface area contributed by atoms with Gasteiger partial charge in [0.25, 0.3) is 0 Å². The Bertz CT molecular complexity index is 421. The zero-order valence-corrected chi connectivity index (χ0v) is 10.8. The second-order valence-electron chi connectivity index (χ2n) is 4.15. The molecule has 4 nitrogen and oxygen atoms in total. The summed E-state index contributed by atoms with van der Waals surface area (Å²) < 4.78 is 15.7. The van der Waals surface area contributed by atoms with E-state index in [0.29, 0.717) is 17.2 Å². The number of benzene rings is 1. The molecule has 0 saturated heterocycles. The summed E-state index contributed by atoms with van der Waals surface area (Å²) in [6.07, 6.45) is 0. The highest BCUT2D eigenvalue weighted by atomic mass is 16.5. The first-order valence-electron chi connectivity index (χ1n) is 5.22. The van der Waals surface area contributed by atoms with E-state index >= 15 is 0 Å². The molecule has 0 aliphatic carbocycles. The summed E-state index contributed by atoms with van der Waals surface area (Å²) in [5.41, 5.74) is 0.224. The number of hydrogen-bond donors (Lipinski definition) is 0. The normalized spacial score (nSPS) is 10.6. The van der Waals surface area contributed by atoms with E-state index in [-0.39, 0.29) is 0 Å². The van der Waals surface area contributed by atoms with Crippen LogP contribution in [0.15, 0.2) is 12.1 Å². The standard InChI is InChI=1S/C13H17NO3/c1-13(2,8-14)9-6-10(15-3)12(17-5)11(7-9)16-4/h6-7H,1-5H3. The molecule has 0 bridgehead atoms. The maximum Gasteiger partial charge on any atom is 0.203 e. The first-order valence-corrected chi connectivity index (χ1v) is 5.22. The molecule has 1 rings (SSSR count). The molecule has 0 aliphatic rings. The lowest BCUT2D eigenvalue weighted by Gasteiger charge is -2.20. The number of methoxy groups -OCH3 is 3. The molecule has 0 N–H and O–H groups in total. The van der Waals surface area contributed by atoms with Gasteiger partial charge in [0.1, 0.15) is 0 Å². The predicted octanol–water partition coefficient (Wildman–Crippen LogP) is 2.51. The van der Waals surface area contributed by atoms with Gasteiger partial charge in [0.05, 0.1) is 32.8 Å². The zero-order chi connectivity index (χ0) is 13.1. The Morgan fingerprint density at radius 2 is 1.47 bits per heavy atom. The molecule has 0 unspecified atom stereocenters. The third-order valence-electron chi connectivity index (χ3n) is 2.67. The molecule has 0 aliphatic heterocycles. The van der Waals surface area contributed by atoms with Gasteiger partial charge in [-0.25, -0.2) is 0 Å². The van der Waals surface area contributed by atoms with Crippen molar-refractivity contribution in [3.05, 3.63) is 17.7 Å². The smallest absolute Gasteiger partial charge is 0.203 e. The van der Waals surface area contributed by atoms with Gasteiger partial charge in [-0.2, -0.15) is 5.26 Å². The maximum absolute atomic E-state index is 9.14. The molecule has 4 heteroatoms. The fourth-order valence-electron chi connectivity index (χ4n) is 1.51. The van der Waals surface area contributed by atoms with Crippen molar-refractivity contribution in [1.29, 1.82) is 5.26 Å². The lowest BCUT2D eigenvalue weighted by molar-refractivity contribution is 0.323. The van der Waals surface area contributed by atoms with Crippen LogP contribution >= 0.6 is 0 Å².